The number of nitrogens with one attached hydrogen (secondary N) is 4. The van der Waals surface area contributed by atoms with E-state index < -0.39 is 53.8 Å². The molecule has 2 aromatic heterocycles. The molecule has 24 heteroatoms. The number of ether oxygens (including phenoxy) is 4. The molecule has 0 atom stereocenters. The van der Waals surface area contributed by atoms with E-state index in [1.165, 1.54) is 74.9 Å². The van der Waals surface area contributed by atoms with Crippen LogP contribution in [-0.4, -0.2) is 88.2 Å². The second kappa shape index (κ2) is 19.3. The number of esters is 2. The predicted octanol–water partition coefficient (Wildman–Crippen LogP) is 3.65. The number of hydrogen-bond donors (Lipinski definition) is 4. The van der Waals surface area contributed by atoms with Crippen LogP contribution in [0.3, 0.4) is 0 Å². The van der Waals surface area contributed by atoms with Crippen LogP contribution in [0.5, 0.6) is 11.8 Å². The summed E-state index contributed by atoms with van der Waals surface area (Å²) in [5.74, 6) is -2.07. The van der Waals surface area contributed by atoms with Gasteiger partial charge >= 0.3 is 24.0 Å². The molecule has 2 heterocycles. The molecule has 2 aromatic carbocycles. The second-order valence-electron chi connectivity index (χ2n) is 9.67. The molecular weight excluding hydrogens is 799 g/mol. The van der Waals surface area contributed by atoms with E-state index >= 15 is 0 Å². The molecule has 0 spiro atoms. The third-order valence-corrected chi connectivity index (χ3v) is 9.18. The molecule has 0 fully saturated rings. The fourth-order valence-corrected chi connectivity index (χ4v) is 6.43. The Hall–Kier alpha value is -5.84. The molecule has 0 saturated heterocycles. The maximum absolute atomic E-state index is 12.5. The number of nitrogens with zero attached hydrogens (tertiary/aromatic N) is 4. The van der Waals surface area contributed by atoms with E-state index in [1.54, 1.807) is 23.3 Å². The number of carbonyl (C=O) groups excluding carboxylic acids is 4. The smallest absolute Gasteiger partial charge is 0.339 e. The number of amides is 4. The zero-order valence-corrected chi connectivity index (χ0v) is 31.6. The van der Waals surface area contributed by atoms with Crippen LogP contribution in [0, 0.1) is 0 Å². The van der Waals surface area contributed by atoms with Crippen molar-refractivity contribution in [3.8, 4) is 11.8 Å². The SMILES string of the molecule is CCOC(=O)c1ccccc1S(=O)(=O)NC(=O)Nc1nc(Cl)cc(OC)n1.CCOC(=O)c1ccccc1S(=O)(=O)NC(=O)Nc1nc(Cl)cc(OC)n1. The lowest BCUT2D eigenvalue weighted by Crippen LogP contribution is -2.35. The van der Waals surface area contributed by atoms with E-state index in [2.05, 4.69) is 30.6 Å². The topological polar surface area (TPSA) is 273 Å². The summed E-state index contributed by atoms with van der Waals surface area (Å²) in [4.78, 5) is 62.2. The van der Waals surface area contributed by atoms with Crippen LogP contribution in [0.1, 0.15) is 34.6 Å². The summed E-state index contributed by atoms with van der Waals surface area (Å²) >= 11 is 11.5. The van der Waals surface area contributed by atoms with Crippen molar-refractivity contribution in [2.24, 2.45) is 0 Å². The fourth-order valence-electron chi connectivity index (χ4n) is 3.88. The minimum atomic E-state index is -4.38. The van der Waals surface area contributed by atoms with E-state index in [0.29, 0.717) is 0 Å². The molecule has 0 saturated carbocycles. The van der Waals surface area contributed by atoms with Gasteiger partial charge in [0, 0.05) is 12.1 Å². The number of carbonyl (C=O) groups is 4. The lowest BCUT2D eigenvalue weighted by Gasteiger charge is -2.11. The Morgan fingerprint density at radius 2 is 0.963 bits per heavy atom. The van der Waals surface area contributed by atoms with E-state index in [-0.39, 0.29) is 58.3 Å². The Morgan fingerprint density at radius 3 is 1.30 bits per heavy atom. The van der Waals surface area contributed by atoms with Gasteiger partial charge in [-0.15, -0.1) is 0 Å². The molecule has 20 nitrogen and oxygen atoms in total. The Bertz CT molecular complexity index is 2090. The van der Waals surface area contributed by atoms with Crippen LogP contribution in [0.2, 0.25) is 10.3 Å². The van der Waals surface area contributed by atoms with Crippen molar-refractivity contribution in [3.05, 3.63) is 82.1 Å². The molecule has 0 radical (unpaired) electrons. The number of sulfonamides is 2. The second-order valence-corrected chi connectivity index (χ2v) is 13.7. The first-order chi connectivity index (χ1) is 25.5. The van der Waals surface area contributed by atoms with Gasteiger partial charge in [-0.05, 0) is 38.1 Å². The quantitative estimate of drug-likeness (QED) is 0.117. The fraction of sp³-hybridized carbons (Fsp3) is 0.200. The third-order valence-electron chi connectivity index (χ3n) is 6.01. The predicted molar refractivity (Wildman–Crippen MR) is 191 cm³/mol. The van der Waals surface area contributed by atoms with Crippen LogP contribution in [-0.2, 0) is 29.5 Å². The molecule has 0 aliphatic heterocycles. The molecule has 54 heavy (non-hydrogen) atoms. The van der Waals surface area contributed by atoms with Crippen molar-refractivity contribution in [2.45, 2.75) is 23.6 Å². The first-order valence-electron chi connectivity index (χ1n) is 14.9. The molecule has 0 aliphatic carbocycles. The van der Waals surface area contributed by atoms with Gasteiger partial charge in [0.05, 0.1) is 38.6 Å². The maximum atomic E-state index is 12.5. The average Bonchev–Trinajstić information content (AvgIpc) is 3.11. The molecule has 4 amide bonds. The Kier molecular flexibility index (Phi) is 15.2. The number of hydrogen-bond acceptors (Lipinski definition) is 16. The number of rotatable bonds is 12. The third kappa shape index (κ3) is 12.1. The van der Waals surface area contributed by atoms with Crippen LogP contribution in [0.4, 0.5) is 21.5 Å². The summed E-state index contributed by atoms with van der Waals surface area (Å²) in [5, 5.41) is 4.21. The zero-order valence-electron chi connectivity index (χ0n) is 28.4. The molecule has 288 valence electrons. The van der Waals surface area contributed by atoms with Crippen LogP contribution >= 0.6 is 23.2 Å². The number of anilines is 2. The van der Waals surface area contributed by atoms with Crippen LogP contribution in [0.25, 0.3) is 0 Å². The monoisotopic (exact) mass is 828 g/mol. The summed E-state index contributed by atoms with van der Waals surface area (Å²) in [6, 6.07) is 10.9. The van der Waals surface area contributed by atoms with Crippen molar-refractivity contribution in [2.75, 3.05) is 38.1 Å². The first kappa shape index (κ1) is 42.6. The molecule has 0 unspecified atom stereocenters. The summed E-state index contributed by atoms with van der Waals surface area (Å²) in [7, 11) is -6.10. The summed E-state index contributed by atoms with van der Waals surface area (Å²) in [6.07, 6.45) is 0. The van der Waals surface area contributed by atoms with Crippen molar-refractivity contribution >= 4 is 79.1 Å². The van der Waals surface area contributed by atoms with E-state index in [9.17, 15) is 36.0 Å². The van der Waals surface area contributed by atoms with Gasteiger partial charge in [-0.2, -0.15) is 9.97 Å². The van der Waals surface area contributed by atoms with E-state index in [1.807, 2.05) is 0 Å². The highest BCUT2D eigenvalue weighted by Gasteiger charge is 2.27. The number of halogens is 2. The summed E-state index contributed by atoms with van der Waals surface area (Å²) < 4.78 is 72.9. The highest BCUT2D eigenvalue weighted by molar-refractivity contribution is 7.90. The van der Waals surface area contributed by atoms with Gasteiger partial charge in [-0.1, -0.05) is 47.5 Å². The number of methoxy groups -OCH3 is 2. The normalized spacial score (nSPS) is 10.8. The summed E-state index contributed by atoms with van der Waals surface area (Å²) in [6.45, 7) is 3.30. The van der Waals surface area contributed by atoms with Crippen LogP contribution < -0.4 is 29.6 Å². The number of aromatic nitrogens is 4. The lowest BCUT2D eigenvalue weighted by atomic mass is 10.2. The van der Waals surface area contributed by atoms with Gasteiger partial charge in [0.1, 0.15) is 20.1 Å². The van der Waals surface area contributed by atoms with E-state index in [4.69, 9.17) is 42.1 Å². The zero-order chi connectivity index (χ0) is 40.1. The minimum absolute atomic E-state index is 0.0207. The van der Waals surface area contributed by atoms with Crippen molar-refractivity contribution in [1.82, 2.24) is 29.4 Å². The Labute approximate surface area is 318 Å². The van der Waals surface area contributed by atoms with Gasteiger partial charge in [-0.25, -0.2) is 55.4 Å². The van der Waals surface area contributed by atoms with Gasteiger partial charge in [0.2, 0.25) is 23.7 Å². The molecule has 4 rings (SSSR count). The van der Waals surface area contributed by atoms with Gasteiger partial charge in [-0.3, -0.25) is 10.6 Å². The molecule has 0 bridgehead atoms. The molecular formula is C30H30Cl2N8O12S2. The number of urea groups is 2. The standard InChI is InChI=1S/2C15H15ClN4O6S/c2*1-3-26-13(21)9-6-4-5-7-10(9)27(23,24)20-15(22)19-14-17-11(16)8-12(18-14)25-2/h2*4-8H,3H2,1-2H3,(H2,17,18,19,20,22). The minimum Gasteiger partial charge on any atom is -0.481 e. The van der Waals surface area contributed by atoms with Crippen LogP contribution in [0.15, 0.2) is 70.5 Å². The average molecular weight is 830 g/mol. The molecule has 4 N–H and O–H groups in total. The van der Waals surface area contributed by atoms with Crippen molar-refractivity contribution in [1.29, 1.82) is 0 Å². The summed E-state index contributed by atoms with van der Waals surface area (Å²) in [5.41, 5.74) is -0.416. The maximum Gasteiger partial charge on any atom is 0.339 e. The van der Waals surface area contributed by atoms with Crippen molar-refractivity contribution < 1.29 is 55.0 Å². The van der Waals surface area contributed by atoms with Crippen molar-refractivity contribution in [3.63, 3.8) is 0 Å². The first-order valence-corrected chi connectivity index (χ1v) is 18.6. The Balaban J connectivity index is 0.000000290. The van der Waals surface area contributed by atoms with E-state index in [0.717, 1.165) is 0 Å². The van der Waals surface area contributed by atoms with Gasteiger partial charge in [0.25, 0.3) is 20.0 Å². The lowest BCUT2D eigenvalue weighted by molar-refractivity contribution is 0.0512. The Morgan fingerprint density at radius 1 is 0.611 bits per heavy atom. The largest absolute Gasteiger partial charge is 0.481 e. The highest BCUT2D eigenvalue weighted by Crippen LogP contribution is 2.20. The number of benzene rings is 2. The van der Waals surface area contributed by atoms with Gasteiger partial charge < -0.3 is 18.9 Å². The molecule has 0 aliphatic rings. The van der Waals surface area contributed by atoms with Gasteiger partial charge in [0.15, 0.2) is 0 Å². The highest BCUT2D eigenvalue weighted by atomic mass is 35.5. The molecule has 4 aromatic rings.